The Morgan fingerprint density at radius 3 is 2.59 bits per heavy atom. The number of aryl methyl sites for hydroxylation is 1. The highest BCUT2D eigenvalue weighted by atomic mass is 15.1. The van der Waals surface area contributed by atoms with Crippen molar-refractivity contribution in [2.75, 3.05) is 0 Å². The zero-order chi connectivity index (χ0) is 12.6. The summed E-state index contributed by atoms with van der Waals surface area (Å²) in [7, 11) is 2.02. The molecular weight excluding hydrogens is 210 g/mol. The standard InChI is InChI=1S/C14H17N3/c1-9(2)10(3)14-16-12-6-5-11(8-15)7-13(12)17(14)4/h5-7,9-10H,1-4H3. The van der Waals surface area contributed by atoms with E-state index in [1.807, 2.05) is 25.2 Å². The van der Waals surface area contributed by atoms with Crippen molar-refractivity contribution in [1.29, 1.82) is 5.26 Å². The smallest absolute Gasteiger partial charge is 0.112 e. The maximum absolute atomic E-state index is 8.91. The predicted octanol–water partition coefficient (Wildman–Crippen LogP) is 3.20. The summed E-state index contributed by atoms with van der Waals surface area (Å²) in [5.74, 6) is 2.06. The van der Waals surface area contributed by atoms with Crippen LogP contribution in [0.5, 0.6) is 0 Å². The zero-order valence-corrected chi connectivity index (χ0v) is 10.7. The maximum atomic E-state index is 8.91. The van der Waals surface area contributed by atoms with Crippen LogP contribution < -0.4 is 0 Å². The van der Waals surface area contributed by atoms with E-state index < -0.39 is 0 Å². The summed E-state index contributed by atoms with van der Waals surface area (Å²) in [5.41, 5.74) is 2.69. The van der Waals surface area contributed by atoms with Crippen LogP contribution in [0.15, 0.2) is 18.2 Å². The maximum Gasteiger partial charge on any atom is 0.112 e. The number of rotatable bonds is 2. The van der Waals surface area contributed by atoms with Gasteiger partial charge in [-0.25, -0.2) is 4.98 Å². The third-order valence-electron chi connectivity index (χ3n) is 3.45. The molecule has 1 aromatic heterocycles. The third-order valence-corrected chi connectivity index (χ3v) is 3.45. The molecule has 0 N–H and O–H groups in total. The van der Waals surface area contributed by atoms with Crippen molar-refractivity contribution >= 4 is 11.0 Å². The number of fused-ring (bicyclic) bond motifs is 1. The van der Waals surface area contributed by atoms with Crippen molar-refractivity contribution in [1.82, 2.24) is 9.55 Å². The molecule has 0 aliphatic carbocycles. The van der Waals surface area contributed by atoms with Gasteiger partial charge in [-0.1, -0.05) is 20.8 Å². The summed E-state index contributed by atoms with van der Waals surface area (Å²) in [6.07, 6.45) is 0. The number of aromatic nitrogens is 2. The van der Waals surface area contributed by atoms with Crippen molar-refractivity contribution in [2.24, 2.45) is 13.0 Å². The van der Waals surface area contributed by atoms with Crippen molar-refractivity contribution in [3.63, 3.8) is 0 Å². The molecule has 1 unspecified atom stereocenters. The average Bonchev–Trinajstić information content (AvgIpc) is 2.65. The van der Waals surface area contributed by atoms with Gasteiger partial charge in [-0.2, -0.15) is 5.26 Å². The molecule has 0 aliphatic rings. The highest BCUT2D eigenvalue weighted by molar-refractivity contribution is 5.77. The van der Waals surface area contributed by atoms with E-state index in [-0.39, 0.29) is 0 Å². The normalized spacial score (nSPS) is 12.9. The molecule has 0 amide bonds. The SMILES string of the molecule is CC(C)C(C)c1nc2ccc(C#N)cc2n1C. The molecule has 2 aromatic rings. The molecule has 0 saturated heterocycles. The fraction of sp³-hybridized carbons (Fsp3) is 0.429. The van der Waals surface area contributed by atoms with Crippen LogP contribution in [0.3, 0.4) is 0 Å². The van der Waals surface area contributed by atoms with Crippen LogP contribution in [0.25, 0.3) is 11.0 Å². The molecule has 0 bridgehead atoms. The molecule has 2 rings (SSSR count). The Bertz CT molecular complexity index is 587. The van der Waals surface area contributed by atoms with Gasteiger partial charge in [0, 0.05) is 13.0 Å². The molecule has 0 radical (unpaired) electrons. The fourth-order valence-electron chi connectivity index (χ4n) is 1.98. The van der Waals surface area contributed by atoms with Crippen molar-refractivity contribution < 1.29 is 0 Å². The molecule has 1 atom stereocenters. The monoisotopic (exact) mass is 227 g/mol. The van der Waals surface area contributed by atoms with Crippen LogP contribution >= 0.6 is 0 Å². The van der Waals surface area contributed by atoms with Crippen molar-refractivity contribution in [2.45, 2.75) is 26.7 Å². The summed E-state index contributed by atoms with van der Waals surface area (Å²) in [4.78, 5) is 4.66. The lowest BCUT2D eigenvalue weighted by Crippen LogP contribution is -2.08. The van der Waals surface area contributed by atoms with Gasteiger partial charge in [0.15, 0.2) is 0 Å². The highest BCUT2D eigenvalue weighted by Crippen LogP contribution is 2.26. The molecule has 3 heteroatoms. The Balaban J connectivity index is 2.61. The second kappa shape index (κ2) is 4.21. The molecular formula is C14H17N3. The highest BCUT2D eigenvalue weighted by Gasteiger charge is 2.17. The Morgan fingerprint density at radius 1 is 1.29 bits per heavy atom. The average molecular weight is 227 g/mol. The second-order valence-corrected chi connectivity index (χ2v) is 4.88. The Labute approximate surface area is 102 Å². The van der Waals surface area contributed by atoms with Gasteiger partial charge in [-0.15, -0.1) is 0 Å². The van der Waals surface area contributed by atoms with Gasteiger partial charge in [0.2, 0.25) is 0 Å². The van der Waals surface area contributed by atoms with Gasteiger partial charge in [-0.05, 0) is 24.1 Å². The first-order valence-electron chi connectivity index (χ1n) is 5.91. The number of nitrogens with zero attached hydrogens (tertiary/aromatic N) is 3. The molecule has 3 nitrogen and oxygen atoms in total. The van der Waals surface area contributed by atoms with Gasteiger partial charge >= 0.3 is 0 Å². The molecule has 0 aliphatic heterocycles. The van der Waals surface area contributed by atoms with E-state index in [1.54, 1.807) is 0 Å². The molecule has 1 heterocycles. The van der Waals surface area contributed by atoms with E-state index >= 15 is 0 Å². The minimum Gasteiger partial charge on any atom is -0.331 e. The number of hydrogen-bond donors (Lipinski definition) is 0. The number of nitriles is 1. The van der Waals surface area contributed by atoms with Crippen LogP contribution in [0.2, 0.25) is 0 Å². The van der Waals surface area contributed by atoms with E-state index in [0.717, 1.165) is 16.9 Å². The summed E-state index contributed by atoms with van der Waals surface area (Å²) in [6.45, 7) is 6.59. The second-order valence-electron chi connectivity index (χ2n) is 4.88. The number of benzene rings is 1. The Hall–Kier alpha value is -1.82. The lowest BCUT2D eigenvalue weighted by Gasteiger charge is -2.14. The van der Waals surface area contributed by atoms with E-state index in [2.05, 4.69) is 36.4 Å². The lowest BCUT2D eigenvalue weighted by molar-refractivity contribution is 0.499. The Morgan fingerprint density at radius 2 is 2.00 bits per heavy atom. The number of hydrogen-bond acceptors (Lipinski definition) is 2. The van der Waals surface area contributed by atoms with Crippen LogP contribution in [-0.4, -0.2) is 9.55 Å². The summed E-state index contributed by atoms with van der Waals surface area (Å²) in [5, 5.41) is 8.91. The molecule has 17 heavy (non-hydrogen) atoms. The number of imidazole rings is 1. The van der Waals surface area contributed by atoms with Gasteiger partial charge in [0.1, 0.15) is 5.82 Å². The topological polar surface area (TPSA) is 41.6 Å². The van der Waals surface area contributed by atoms with E-state index in [9.17, 15) is 0 Å². The first-order valence-corrected chi connectivity index (χ1v) is 5.91. The van der Waals surface area contributed by atoms with E-state index in [0.29, 0.717) is 17.4 Å². The van der Waals surface area contributed by atoms with Gasteiger partial charge in [-0.3, -0.25) is 0 Å². The van der Waals surface area contributed by atoms with Crippen LogP contribution in [0, 0.1) is 17.2 Å². The molecule has 1 aromatic carbocycles. The molecule has 88 valence electrons. The quantitative estimate of drug-likeness (QED) is 0.790. The zero-order valence-electron chi connectivity index (χ0n) is 10.7. The summed E-state index contributed by atoms with van der Waals surface area (Å²) < 4.78 is 2.10. The summed E-state index contributed by atoms with van der Waals surface area (Å²) in [6, 6.07) is 7.81. The van der Waals surface area contributed by atoms with Crippen molar-refractivity contribution in [3.8, 4) is 6.07 Å². The van der Waals surface area contributed by atoms with Gasteiger partial charge in [0.25, 0.3) is 0 Å². The van der Waals surface area contributed by atoms with Gasteiger partial charge in [0.05, 0.1) is 22.7 Å². The van der Waals surface area contributed by atoms with Crippen LogP contribution in [0.4, 0.5) is 0 Å². The first-order chi connectivity index (χ1) is 8.04. The Kier molecular flexibility index (Phi) is 2.89. The van der Waals surface area contributed by atoms with Crippen molar-refractivity contribution in [3.05, 3.63) is 29.6 Å². The minimum atomic E-state index is 0.415. The van der Waals surface area contributed by atoms with E-state index in [1.165, 1.54) is 0 Å². The molecule has 0 fully saturated rings. The molecule has 0 spiro atoms. The molecule has 0 saturated carbocycles. The minimum absolute atomic E-state index is 0.415. The van der Waals surface area contributed by atoms with E-state index in [4.69, 9.17) is 5.26 Å². The first kappa shape index (κ1) is 11.7. The largest absolute Gasteiger partial charge is 0.331 e. The van der Waals surface area contributed by atoms with Crippen LogP contribution in [-0.2, 0) is 7.05 Å². The van der Waals surface area contributed by atoms with Crippen LogP contribution in [0.1, 0.15) is 38.1 Å². The fourth-order valence-corrected chi connectivity index (χ4v) is 1.98. The summed E-state index contributed by atoms with van der Waals surface area (Å²) >= 11 is 0. The predicted molar refractivity (Wildman–Crippen MR) is 68.7 cm³/mol. The van der Waals surface area contributed by atoms with Gasteiger partial charge < -0.3 is 4.57 Å². The lowest BCUT2D eigenvalue weighted by atomic mass is 9.97. The third kappa shape index (κ3) is 1.91.